The van der Waals surface area contributed by atoms with E-state index >= 15 is 0 Å². The second-order valence-electron chi connectivity index (χ2n) is 2.26. The van der Waals surface area contributed by atoms with Crippen molar-refractivity contribution in [1.29, 1.82) is 0 Å². The number of Topliss-reactive ketones (excluding diaryl/α,β-unsaturated/α-hetero) is 1. The van der Waals surface area contributed by atoms with E-state index in [1.54, 1.807) is 13.8 Å². The van der Waals surface area contributed by atoms with Crippen LogP contribution in [0.5, 0.6) is 0 Å². The molecule has 0 unspecified atom stereocenters. The highest BCUT2D eigenvalue weighted by atomic mass is 16.2. The van der Waals surface area contributed by atoms with E-state index in [0.717, 1.165) is 0 Å². The van der Waals surface area contributed by atoms with Gasteiger partial charge in [-0.05, 0) is 0 Å². The number of rotatable bonds is 3. The van der Waals surface area contributed by atoms with E-state index < -0.39 is 5.91 Å². The predicted octanol–water partition coefficient (Wildman–Crippen LogP) is 0.0869. The maximum Gasteiger partial charge on any atom is 0.224 e. The molecule has 9 heavy (non-hydrogen) atoms. The van der Waals surface area contributed by atoms with Crippen molar-refractivity contribution in [3.63, 3.8) is 0 Å². The highest BCUT2D eigenvalue weighted by Gasteiger charge is 2.08. The first-order chi connectivity index (χ1) is 4.04. The molecule has 0 saturated heterocycles. The van der Waals surface area contributed by atoms with Gasteiger partial charge in [-0.15, -0.1) is 0 Å². The average Bonchev–Trinajstić information content (AvgIpc) is 1.63. The number of nitrogens with two attached hydrogens (primary N) is 1. The number of hydrogen-bond donors (Lipinski definition) is 1. The Morgan fingerprint density at radius 3 is 2.00 bits per heavy atom. The van der Waals surface area contributed by atoms with Gasteiger partial charge in [-0.3, -0.25) is 9.59 Å². The van der Waals surface area contributed by atoms with Crippen molar-refractivity contribution < 1.29 is 9.59 Å². The monoisotopic (exact) mass is 129 g/mol. The van der Waals surface area contributed by atoms with Crippen LogP contribution in [0.3, 0.4) is 0 Å². The minimum atomic E-state index is -0.547. The third-order valence-corrected chi connectivity index (χ3v) is 0.992. The van der Waals surface area contributed by atoms with Crippen molar-refractivity contribution in [1.82, 2.24) is 0 Å². The first-order valence-electron chi connectivity index (χ1n) is 2.85. The number of ketones is 1. The molecule has 0 aliphatic carbocycles. The van der Waals surface area contributed by atoms with Crippen LogP contribution in [0, 0.1) is 5.92 Å². The lowest BCUT2D eigenvalue weighted by molar-refractivity contribution is -0.128. The molecule has 0 fully saturated rings. The molecule has 0 bridgehead atoms. The Labute approximate surface area is 54.2 Å². The van der Waals surface area contributed by atoms with Gasteiger partial charge in [0.15, 0.2) is 0 Å². The SMILES string of the molecule is CC(C)C(=O)CC(N)=O. The molecule has 0 saturated carbocycles. The Kier molecular flexibility index (Phi) is 2.91. The van der Waals surface area contributed by atoms with Gasteiger partial charge in [0.05, 0.1) is 6.42 Å². The van der Waals surface area contributed by atoms with Gasteiger partial charge in [-0.25, -0.2) is 0 Å². The minimum Gasteiger partial charge on any atom is -0.369 e. The summed E-state index contributed by atoms with van der Waals surface area (Å²) in [6, 6.07) is 0. The van der Waals surface area contributed by atoms with Crippen LogP contribution in [0.15, 0.2) is 0 Å². The molecule has 0 atom stereocenters. The van der Waals surface area contributed by atoms with E-state index in [9.17, 15) is 9.59 Å². The summed E-state index contributed by atoms with van der Waals surface area (Å²) in [7, 11) is 0. The maximum absolute atomic E-state index is 10.7. The normalized spacial score (nSPS) is 9.67. The topological polar surface area (TPSA) is 60.2 Å². The van der Waals surface area contributed by atoms with E-state index in [2.05, 4.69) is 0 Å². The third-order valence-electron chi connectivity index (χ3n) is 0.992. The van der Waals surface area contributed by atoms with E-state index in [4.69, 9.17) is 5.73 Å². The lowest BCUT2D eigenvalue weighted by atomic mass is 10.1. The molecule has 0 spiro atoms. The number of carbonyl (C=O) groups excluding carboxylic acids is 2. The van der Waals surface area contributed by atoms with Gasteiger partial charge in [0, 0.05) is 5.92 Å². The molecule has 0 aliphatic heterocycles. The molecule has 3 nitrogen and oxygen atoms in total. The van der Waals surface area contributed by atoms with Crippen molar-refractivity contribution in [2.45, 2.75) is 20.3 Å². The van der Waals surface area contributed by atoms with E-state index in [1.165, 1.54) is 0 Å². The molecule has 3 heteroatoms. The summed E-state index contributed by atoms with van der Waals surface area (Å²) >= 11 is 0. The summed E-state index contributed by atoms with van der Waals surface area (Å²) in [5.74, 6) is -0.728. The maximum atomic E-state index is 10.7. The van der Waals surface area contributed by atoms with E-state index in [-0.39, 0.29) is 18.1 Å². The molecule has 0 aliphatic rings. The lowest BCUT2D eigenvalue weighted by Gasteiger charge is -1.98. The van der Waals surface area contributed by atoms with Gasteiger partial charge in [0.2, 0.25) is 5.91 Å². The summed E-state index contributed by atoms with van der Waals surface area (Å²) in [5.41, 5.74) is 4.77. The average molecular weight is 129 g/mol. The zero-order valence-corrected chi connectivity index (χ0v) is 5.68. The fraction of sp³-hybridized carbons (Fsp3) is 0.667. The Balaban J connectivity index is 3.64. The highest BCUT2D eigenvalue weighted by molar-refractivity contribution is 5.98. The van der Waals surface area contributed by atoms with Gasteiger partial charge < -0.3 is 5.73 Å². The van der Waals surface area contributed by atoms with Crippen molar-refractivity contribution in [3.8, 4) is 0 Å². The number of carbonyl (C=O) groups is 2. The van der Waals surface area contributed by atoms with Crippen LogP contribution in [0.25, 0.3) is 0 Å². The number of primary amides is 1. The third kappa shape index (κ3) is 3.70. The lowest BCUT2D eigenvalue weighted by Crippen LogP contribution is -2.19. The summed E-state index contributed by atoms with van der Waals surface area (Å²) in [6.45, 7) is 3.48. The van der Waals surface area contributed by atoms with Gasteiger partial charge in [0.25, 0.3) is 0 Å². The first-order valence-corrected chi connectivity index (χ1v) is 2.85. The van der Waals surface area contributed by atoms with Crippen LogP contribution in [-0.4, -0.2) is 11.7 Å². The summed E-state index contributed by atoms with van der Waals surface area (Å²) < 4.78 is 0. The largest absolute Gasteiger partial charge is 0.369 e. The molecular formula is C6H11NO2. The fourth-order valence-electron chi connectivity index (χ4n) is 0.376. The van der Waals surface area contributed by atoms with Gasteiger partial charge >= 0.3 is 0 Å². The predicted molar refractivity (Wildman–Crippen MR) is 33.7 cm³/mol. The first kappa shape index (κ1) is 8.14. The Morgan fingerprint density at radius 2 is 1.89 bits per heavy atom. The van der Waals surface area contributed by atoms with Crippen molar-refractivity contribution >= 4 is 11.7 Å². The molecule has 0 heterocycles. The van der Waals surface area contributed by atoms with Crippen molar-refractivity contribution in [3.05, 3.63) is 0 Å². The molecule has 0 aromatic rings. The van der Waals surface area contributed by atoms with Crippen LogP contribution in [0.4, 0.5) is 0 Å². The molecule has 52 valence electrons. The molecule has 0 radical (unpaired) electrons. The fourth-order valence-corrected chi connectivity index (χ4v) is 0.376. The zero-order chi connectivity index (χ0) is 7.44. The van der Waals surface area contributed by atoms with Gasteiger partial charge in [-0.2, -0.15) is 0 Å². The van der Waals surface area contributed by atoms with Crippen molar-refractivity contribution in [2.75, 3.05) is 0 Å². The van der Waals surface area contributed by atoms with Gasteiger partial charge in [-0.1, -0.05) is 13.8 Å². The summed E-state index contributed by atoms with van der Waals surface area (Å²) in [5, 5.41) is 0. The van der Waals surface area contributed by atoms with E-state index in [1.807, 2.05) is 0 Å². The van der Waals surface area contributed by atoms with Gasteiger partial charge in [0.1, 0.15) is 5.78 Å². The quantitative estimate of drug-likeness (QED) is 0.549. The summed E-state index contributed by atoms with van der Waals surface area (Å²) in [6.07, 6.45) is -0.127. The molecular weight excluding hydrogens is 118 g/mol. The van der Waals surface area contributed by atoms with Crippen molar-refractivity contribution in [2.24, 2.45) is 11.7 Å². The second kappa shape index (κ2) is 3.22. The van der Waals surface area contributed by atoms with Crippen LogP contribution in [0.2, 0.25) is 0 Å². The molecule has 0 rings (SSSR count). The molecule has 2 N–H and O–H groups in total. The minimum absolute atomic E-state index is 0.0856. The van der Waals surface area contributed by atoms with E-state index in [0.29, 0.717) is 0 Å². The Hall–Kier alpha value is -0.860. The molecule has 0 aromatic carbocycles. The Morgan fingerprint density at radius 1 is 1.44 bits per heavy atom. The molecule has 1 amide bonds. The number of hydrogen-bond acceptors (Lipinski definition) is 2. The Bertz CT molecular complexity index is 129. The van der Waals surface area contributed by atoms with Crippen LogP contribution in [0.1, 0.15) is 20.3 Å². The van der Waals surface area contributed by atoms with Crippen LogP contribution >= 0.6 is 0 Å². The standard InChI is InChI=1S/C6H11NO2/c1-4(2)5(8)3-6(7)9/h4H,3H2,1-2H3,(H2,7,9). The summed E-state index contributed by atoms with van der Waals surface area (Å²) in [4.78, 5) is 20.8. The second-order valence-corrected chi connectivity index (χ2v) is 2.26. The zero-order valence-electron chi connectivity index (χ0n) is 5.68. The highest BCUT2D eigenvalue weighted by Crippen LogP contribution is 1.96. The molecule has 0 aromatic heterocycles. The van der Waals surface area contributed by atoms with Crippen LogP contribution < -0.4 is 5.73 Å². The number of amides is 1. The van der Waals surface area contributed by atoms with Crippen LogP contribution in [-0.2, 0) is 9.59 Å². The smallest absolute Gasteiger partial charge is 0.224 e.